The minimum Gasteiger partial charge on any atom is -0.313 e. The molecule has 1 aromatic rings. The second-order valence-corrected chi connectivity index (χ2v) is 6.26. The first-order valence-corrected chi connectivity index (χ1v) is 8.24. The first-order chi connectivity index (χ1) is 9.31. The summed E-state index contributed by atoms with van der Waals surface area (Å²) in [7, 11) is 2.06. The molecule has 2 nitrogen and oxygen atoms in total. The van der Waals surface area contributed by atoms with Crippen LogP contribution in [0.3, 0.4) is 0 Å². The van der Waals surface area contributed by atoms with E-state index in [1.807, 2.05) is 0 Å². The molecule has 1 atom stereocenters. The highest BCUT2D eigenvalue weighted by molar-refractivity contribution is 9.10. The van der Waals surface area contributed by atoms with E-state index in [1.165, 1.54) is 61.8 Å². The van der Waals surface area contributed by atoms with Gasteiger partial charge in [0, 0.05) is 10.5 Å². The molecule has 0 amide bonds. The number of benzene rings is 1. The third-order valence-corrected chi connectivity index (χ3v) is 4.78. The fourth-order valence-corrected chi connectivity index (χ4v) is 3.45. The molecule has 1 aromatic carbocycles. The molecule has 0 spiro atoms. The fraction of sp³-hybridized carbons (Fsp3) is 0.625. The average Bonchev–Trinajstić information content (AvgIpc) is 2.70. The van der Waals surface area contributed by atoms with Crippen LogP contribution in [-0.2, 0) is 0 Å². The molecule has 0 saturated carbocycles. The summed E-state index contributed by atoms with van der Waals surface area (Å²) in [5.74, 6) is 0. The van der Waals surface area contributed by atoms with Crippen LogP contribution in [0.4, 0.5) is 0 Å². The Balaban J connectivity index is 1.90. The van der Waals surface area contributed by atoms with Crippen LogP contribution in [0, 0.1) is 0 Å². The monoisotopic (exact) mass is 324 g/mol. The number of hydrogen-bond donors (Lipinski definition) is 1. The van der Waals surface area contributed by atoms with E-state index in [-0.39, 0.29) is 0 Å². The fourth-order valence-electron chi connectivity index (χ4n) is 2.88. The van der Waals surface area contributed by atoms with Crippen LogP contribution in [-0.4, -0.2) is 31.6 Å². The zero-order valence-corrected chi connectivity index (χ0v) is 13.5. The summed E-state index contributed by atoms with van der Waals surface area (Å²) in [5, 5.41) is 3.46. The highest BCUT2D eigenvalue weighted by atomic mass is 79.9. The molecule has 1 saturated heterocycles. The molecule has 1 aliphatic rings. The minimum atomic E-state index is 0.443. The Kier molecular flexibility index (Phi) is 6.35. The average molecular weight is 325 g/mol. The van der Waals surface area contributed by atoms with Crippen LogP contribution in [0.25, 0.3) is 0 Å². The third-order valence-electron chi connectivity index (χ3n) is 4.06. The van der Waals surface area contributed by atoms with E-state index in [9.17, 15) is 0 Å². The van der Waals surface area contributed by atoms with Crippen molar-refractivity contribution in [1.82, 2.24) is 10.2 Å². The Morgan fingerprint density at radius 3 is 2.47 bits per heavy atom. The summed E-state index contributed by atoms with van der Waals surface area (Å²) in [5.41, 5.74) is 1.37. The second kappa shape index (κ2) is 8.03. The Bertz CT molecular complexity index is 373. The maximum absolute atomic E-state index is 3.66. The molecule has 1 aliphatic heterocycles. The summed E-state index contributed by atoms with van der Waals surface area (Å²) in [4.78, 5) is 2.63. The third kappa shape index (κ3) is 4.59. The smallest absolute Gasteiger partial charge is 0.0340 e. The Morgan fingerprint density at radius 2 is 1.84 bits per heavy atom. The molecule has 2 rings (SSSR count). The number of rotatable bonds is 5. The molecule has 19 heavy (non-hydrogen) atoms. The van der Waals surface area contributed by atoms with Gasteiger partial charge in [0.1, 0.15) is 0 Å². The van der Waals surface area contributed by atoms with Gasteiger partial charge < -0.3 is 10.2 Å². The first-order valence-electron chi connectivity index (χ1n) is 7.45. The summed E-state index contributed by atoms with van der Waals surface area (Å²) in [6.45, 7) is 3.77. The maximum atomic E-state index is 3.66. The molecular formula is C16H25BrN2. The van der Waals surface area contributed by atoms with Crippen LogP contribution >= 0.6 is 15.9 Å². The van der Waals surface area contributed by atoms with E-state index in [1.54, 1.807) is 0 Å². The van der Waals surface area contributed by atoms with E-state index in [0.29, 0.717) is 6.04 Å². The van der Waals surface area contributed by atoms with E-state index in [2.05, 4.69) is 57.5 Å². The summed E-state index contributed by atoms with van der Waals surface area (Å²) < 4.78 is 1.21. The van der Waals surface area contributed by atoms with E-state index < -0.39 is 0 Å². The molecule has 3 heteroatoms. The predicted molar refractivity (Wildman–Crippen MR) is 85.5 cm³/mol. The zero-order valence-electron chi connectivity index (χ0n) is 11.9. The number of halogens is 1. The van der Waals surface area contributed by atoms with Gasteiger partial charge in [0.15, 0.2) is 0 Å². The summed E-state index contributed by atoms with van der Waals surface area (Å²) in [6.07, 6.45) is 6.75. The molecule has 106 valence electrons. The maximum Gasteiger partial charge on any atom is 0.0340 e. The van der Waals surface area contributed by atoms with Crippen molar-refractivity contribution in [1.29, 1.82) is 0 Å². The lowest BCUT2D eigenvalue weighted by atomic mass is 10.0. The Morgan fingerprint density at radius 1 is 1.16 bits per heavy atom. The number of likely N-dealkylation sites (tertiary alicyclic amines) is 1. The van der Waals surface area contributed by atoms with Crippen molar-refractivity contribution in [2.45, 2.75) is 38.1 Å². The number of hydrogen-bond acceptors (Lipinski definition) is 2. The first kappa shape index (κ1) is 15.0. The molecule has 1 unspecified atom stereocenters. The standard InChI is InChI=1S/C16H25BrN2/c1-18-16(14-8-4-5-9-15(14)17)10-13-19-11-6-2-3-7-12-19/h4-5,8-9,16,18H,2-3,6-7,10-13H2,1H3. The number of nitrogens with zero attached hydrogens (tertiary/aromatic N) is 1. The van der Waals surface area contributed by atoms with Gasteiger partial charge in [0.25, 0.3) is 0 Å². The van der Waals surface area contributed by atoms with Gasteiger partial charge in [-0.05, 0) is 57.6 Å². The topological polar surface area (TPSA) is 15.3 Å². The predicted octanol–water partition coefficient (Wildman–Crippen LogP) is 3.98. The summed E-state index contributed by atoms with van der Waals surface area (Å²) >= 11 is 3.66. The van der Waals surface area contributed by atoms with Crippen molar-refractivity contribution in [3.8, 4) is 0 Å². The van der Waals surface area contributed by atoms with Crippen LogP contribution < -0.4 is 5.32 Å². The molecule has 1 heterocycles. The summed E-state index contributed by atoms with van der Waals surface area (Å²) in [6, 6.07) is 8.99. The Labute approximate surface area is 125 Å². The van der Waals surface area contributed by atoms with Crippen molar-refractivity contribution < 1.29 is 0 Å². The van der Waals surface area contributed by atoms with Gasteiger partial charge in [-0.25, -0.2) is 0 Å². The molecular weight excluding hydrogens is 300 g/mol. The Hall–Kier alpha value is -0.380. The van der Waals surface area contributed by atoms with Crippen molar-refractivity contribution >= 4 is 15.9 Å². The van der Waals surface area contributed by atoms with E-state index in [0.717, 1.165) is 0 Å². The van der Waals surface area contributed by atoms with Gasteiger partial charge in [-0.3, -0.25) is 0 Å². The van der Waals surface area contributed by atoms with Crippen molar-refractivity contribution in [3.63, 3.8) is 0 Å². The van der Waals surface area contributed by atoms with Gasteiger partial charge in [0.2, 0.25) is 0 Å². The molecule has 0 aromatic heterocycles. The normalized spacial score (nSPS) is 19.1. The molecule has 0 bridgehead atoms. The lowest BCUT2D eigenvalue weighted by molar-refractivity contribution is 0.268. The van der Waals surface area contributed by atoms with Crippen LogP contribution in [0.5, 0.6) is 0 Å². The quantitative estimate of drug-likeness (QED) is 0.881. The van der Waals surface area contributed by atoms with Gasteiger partial charge >= 0.3 is 0 Å². The van der Waals surface area contributed by atoms with E-state index in [4.69, 9.17) is 0 Å². The highest BCUT2D eigenvalue weighted by Gasteiger charge is 2.15. The van der Waals surface area contributed by atoms with Crippen molar-refractivity contribution in [3.05, 3.63) is 34.3 Å². The number of nitrogens with one attached hydrogen (secondary N) is 1. The van der Waals surface area contributed by atoms with Gasteiger partial charge in [0.05, 0.1) is 0 Å². The van der Waals surface area contributed by atoms with Crippen molar-refractivity contribution in [2.75, 3.05) is 26.7 Å². The molecule has 1 N–H and O–H groups in total. The molecule has 0 aliphatic carbocycles. The SMILES string of the molecule is CNC(CCN1CCCCCC1)c1ccccc1Br. The zero-order chi connectivity index (χ0) is 13.5. The van der Waals surface area contributed by atoms with Gasteiger partial charge in [-0.1, -0.05) is 47.0 Å². The lowest BCUT2D eigenvalue weighted by Gasteiger charge is -2.24. The molecule has 0 radical (unpaired) electrons. The van der Waals surface area contributed by atoms with Crippen molar-refractivity contribution in [2.24, 2.45) is 0 Å². The van der Waals surface area contributed by atoms with E-state index >= 15 is 0 Å². The second-order valence-electron chi connectivity index (χ2n) is 5.41. The van der Waals surface area contributed by atoms with Crippen LogP contribution in [0.15, 0.2) is 28.7 Å². The minimum absolute atomic E-state index is 0.443. The molecule has 1 fully saturated rings. The van der Waals surface area contributed by atoms with Crippen LogP contribution in [0.1, 0.15) is 43.7 Å². The van der Waals surface area contributed by atoms with Gasteiger partial charge in [-0.2, -0.15) is 0 Å². The largest absolute Gasteiger partial charge is 0.313 e. The lowest BCUT2D eigenvalue weighted by Crippen LogP contribution is -2.29. The van der Waals surface area contributed by atoms with Crippen LogP contribution in [0.2, 0.25) is 0 Å². The highest BCUT2D eigenvalue weighted by Crippen LogP contribution is 2.25. The van der Waals surface area contributed by atoms with Gasteiger partial charge in [-0.15, -0.1) is 0 Å².